The van der Waals surface area contributed by atoms with Crippen LogP contribution in [-0.4, -0.2) is 6.61 Å². The van der Waals surface area contributed by atoms with Gasteiger partial charge in [-0.3, -0.25) is 0 Å². The quantitative estimate of drug-likeness (QED) is 0.294. The molecule has 0 heterocycles. The summed E-state index contributed by atoms with van der Waals surface area (Å²) in [5.74, 6) is 0. The molecule has 0 aliphatic carbocycles. The highest BCUT2D eigenvalue weighted by Gasteiger charge is 1.77. The van der Waals surface area contributed by atoms with Crippen LogP contribution in [0.1, 0.15) is 26.2 Å². The van der Waals surface area contributed by atoms with Gasteiger partial charge < -0.3 is 10.1 Å². The predicted octanol–water partition coefficient (Wildman–Crippen LogP) is 0.468. The molecule has 2 heteroatoms. The molecule has 0 N–H and O–H groups in total. The van der Waals surface area contributed by atoms with Gasteiger partial charge in [0, 0.05) is 6.61 Å². The molecule has 44 valence electrons. The van der Waals surface area contributed by atoms with E-state index in [1.807, 2.05) is 0 Å². The van der Waals surface area contributed by atoms with E-state index in [-0.39, 0.29) is 0 Å². The van der Waals surface area contributed by atoms with Crippen molar-refractivity contribution >= 4 is 0 Å². The summed E-state index contributed by atoms with van der Waals surface area (Å²) in [5, 5.41) is 9.30. The summed E-state index contributed by atoms with van der Waals surface area (Å²) in [6, 6.07) is 0. The molecule has 0 saturated heterocycles. The molecule has 0 aromatic carbocycles. The molecule has 0 saturated carbocycles. The van der Waals surface area contributed by atoms with E-state index in [9.17, 15) is 5.26 Å². The van der Waals surface area contributed by atoms with E-state index in [4.69, 9.17) is 0 Å². The third kappa shape index (κ3) is 5.92. The van der Waals surface area contributed by atoms with Crippen LogP contribution < -0.4 is 5.26 Å². The highest BCUT2D eigenvalue weighted by molar-refractivity contribution is 4.31. The molecule has 0 radical (unpaired) electrons. The second-order valence-electron chi connectivity index (χ2n) is 1.53. The minimum atomic E-state index is 0.369. The van der Waals surface area contributed by atoms with Crippen molar-refractivity contribution in [1.29, 1.82) is 0 Å². The van der Waals surface area contributed by atoms with Crippen LogP contribution in [-0.2, 0) is 4.89 Å². The molecule has 0 aliphatic heterocycles. The molecule has 0 bridgehead atoms. The summed E-state index contributed by atoms with van der Waals surface area (Å²) in [7, 11) is 0. The second-order valence-corrected chi connectivity index (χ2v) is 1.53. The standard InChI is InChI=1S/C5H12O2/c1-2-3-4-5-7-6/h6H,2-5H2,1H3/p-1. The topological polar surface area (TPSA) is 32.3 Å². The van der Waals surface area contributed by atoms with Crippen LogP contribution in [0.5, 0.6) is 0 Å². The van der Waals surface area contributed by atoms with Crippen LogP contribution in [0.3, 0.4) is 0 Å². The van der Waals surface area contributed by atoms with E-state index in [0.29, 0.717) is 6.61 Å². The number of unbranched alkanes of at least 4 members (excludes halogenated alkanes) is 2. The van der Waals surface area contributed by atoms with Crippen LogP contribution in [0.2, 0.25) is 0 Å². The lowest BCUT2D eigenvalue weighted by Gasteiger charge is -2.03. The first-order valence-corrected chi connectivity index (χ1v) is 2.66. The van der Waals surface area contributed by atoms with Gasteiger partial charge in [-0.1, -0.05) is 19.8 Å². The van der Waals surface area contributed by atoms with Gasteiger partial charge in [0.25, 0.3) is 0 Å². The first-order chi connectivity index (χ1) is 3.41. The fourth-order valence-corrected chi connectivity index (χ4v) is 0.411. The van der Waals surface area contributed by atoms with Crippen LogP contribution in [0, 0.1) is 0 Å². The van der Waals surface area contributed by atoms with E-state index in [1.165, 1.54) is 0 Å². The predicted molar refractivity (Wildman–Crippen MR) is 25.5 cm³/mol. The van der Waals surface area contributed by atoms with Crippen molar-refractivity contribution in [3.63, 3.8) is 0 Å². The molecule has 2 nitrogen and oxygen atoms in total. The Morgan fingerprint density at radius 3 is 2.57 bits per heavy atom. The summed E-state index contributed by atoms with van der Waals surface area (Å²) >= 11 is 0. The van der Waals surface area contributed by atoms with Gasteiger partial charge in [-0.25, -0.2) is 0 Å². The fourth-order valence-electron chi connectivity index (χ4n) is 0.411. The Morgan fingerprint density at radius 1 is 1.43 bits per heavy atom. The molecule has 7 heavy (non-hydrogen) atoms. The molecular weight excluding hydrogens is 92.1 g/mol. The van der Waals surface area contributed by atoms with Crippen molar-refractivity contribution in [2.24, 2.45) is 0 Å². The van der Waals surface area contributed by atoms with Crippen LogP contribution in [0.25, 0.3) is 0 Å². The molecule has 0 atom stereocenters. The SMILES string of the molecule is CCCCCO[O-]. The number of hydrogen-bond donors (Lipinski definition) is 0. The Kier molecular flexibility index (Phi) is 5.85. The summed E-state index contributed by atoms with van der Waals surface area (Å²) in [4.78, 5) is 3.59. The third-order valence-corrected chi connectivity index (χ3v) is 0.831. The summed E-state index contributed by atoms with van der Waals surface area (Å²) in [6.07, 6.45) is 3.14. The van der Waals surface area contributed by atoms with Crippen molar-refractivity contribution in [1.82, 2.24) is 0 Å². The highest BCUT2D eigenvalue weighted by Crippen LogP contribution is 1.90. The molecular formula is C5H11O2-. The van der Waals surface area contributed by atoms with Crippen molar-refractivity contribution in [3.8, 4) is 0 Å². The lowest BCUT2D eigenvalue weighted by Crippen LogP contribution is -2.05. The fraction of sp³-hybridized carbons (Fsp3) is 1.00. The lowest BCUT2D eigenvalue weighted by atomic mass is 10.3. The monoisotopic (exact) mass is 103 g/mol. The Labute approximate surface area is 44.0 Å². The maximum Gasteiger partial charge on any atom is 0.0341 e. The Balaban J connectivity index is 2.45. The molecule has 0 rings (SSSR count). The van der Waals surface area contributed by atoms with Crippen molar-refractivity contribution < 1.29 is 10.1 Å². The van der Waals surface area contributed by atoms with Gasteiger partial charge in [-0.05, 0) is 6.42 Å². The molecule has 0 amide bonds. The van der Waals surface area contributed by atoms with E-state index >= 15 is 0 Å². The van der Waals surface area contributed by atoms with E-state index < -0.39 is 0 Å². The second kappa shape index (κ2) is 5.92. The van der Waals surface area contributed by atoms with Gasteiger partial charge in [-0.15, -0.1) is 0 Å². The number of hydrogen-bond acceptors (Lipinski definition) is 2. The first-order valence-electron chi connectivity index (χ1n) is 2.66. The molecule has 0 unspecified atom stereocenters. The van der Waals surface area contributed by atoms with Gasteiger partial charge in [0.15, 0.2) is 0 Å². The van der Waals surface area contributed by atoms with Crippen LogP contribution in [0.15, 0.2) is 0 Å². The van der Waals surface area contributed by atoms with Gasteiger partial charge in [0.1, 0.15) is 0 Å². The highest BCUT2D eigenvalue weighted by atomic mass is 17.1. The van der Waals surface area contributed by atoms with E-state index in [2.05, 4.69) is 11.8 Å². The van der Waals surface area contributed by atoms with Crippen LogP contribution >= 0.6 is 0 Å². The van der Waals surface area contributed by atoms with Crippen molar-refractivity contribution in [3.05, 3.63) is 0 Å². The van der Waals surface area contributed by atoms with Crippen LogP contribution in [0.4, 0.5) is 0 Å². The molecule has 0 aromatic heterocycles. The average Bonchev–Trinajstić information content (AvgIpc) is 1.69. The summed E-state index contributed by atoms with van der Waals surface area (Å²) < 4.78 is 0. The summed E-state index contributed by atoms with van der Waals surface area (Å²) in [5.41, 5.74) is 0. The van der Waals surface area contributed by atoms with Gasteiger partial charge in [0.05, 0.1) is 0 Å². The Hall–Kier alpha value is -0.0800. The Bertz CT molecular complexity index is 25.3. The largest absolute Gasteiger partial charge is 0.723 e. The molecule has 0 spiro atoms. The normalized spacial score (nSPS) is 9.43. The molecule has 0 fully saturated rings. The maximum atomic E-state index is 9.30. The van der Waals surface area contributed by atoms with Gasteiger partial charge in [0.2, 0.25) is 0 Å². The lowest BCUT2D eigenvalue weighted by molar-refractivity contribution is -0.689. The van der Waals surface area contributed by atoms with Gasteiger partial charge >= 0.3 is 0 Å². The maximum absolute atomic E-state index is 9.30. The van der Waals surface area contributed by atoms with Crippen molar-refractivity contribution in [2.45, 2.75) is 26.2 Å². The van der Waals surface area contributed by atoms with E-state index in [0.717, 1.165) is 19.3 Å². The first kappa shape index (κ1) is 6.92. The smallest absolute Gasteiger partial charge is 0.0341 e. The van der Waals surface area contributed by atoms with Crippen molar-refractivity contribution in [2.75, 3.05) is 6.61 Å². The zero-order valence-corrected chi connectivity index (χ0v) is 4.64. The summed E-state index contributed by atoms with van der Waals surface area (Å²) in [6.45, 7) is 2.46. The minimum absolute atomic E-state index is 0.369. The third-order valence-electron chi connectivity index (χ3n) is 0.831. The number of rotatable bonds is 4. The Morgan fingerprint density at radius 2 is 2.14 bits per heavy atom. The average molecular weight is 103 g/mol. The zero-order chi connectivity index (χ0) is 5.54. The minimum Gasteiger partial charge on any atom is -0.723 e. The van der Waals surface area contributed by atoms with E-state index in [1.54, 1.807) is 0 Å². The molecule has 0 aliphatic rings. The zero-order valence-electron chi connectivity index (χ0n) is 4.64. The molecule has 0 aromatic rings. The van der Waals surface area contributed by atoms with Gasteiger partial charge in [-0.2, -0.15) is 0 Å².